The molecule has 0 aliphatic heterocycles. The van der Waals surface area contributed by atoms with Crippen LogP contribution in [-0.4, -0.2) is 51.6 Å². The van der Waals surface area contributed by atoms with Crippen LogP contribution in [-0.2, 0) is 20.9 Å². The zero-order chi connectivity index (χ0) is 27.6. The van der Waals surface area contributed by atoms with Gasteiger partial charge in [0, 0.05) is 18.2 Å². The summed E-state index contributed by atoms with van der Waals surface area (Å²) in [5.41, 5.74) is 0.786. The molecule has 3 amide bonds. The number of thioether (sulfide) groups is 1. The van der Waals surface area contributed by atoms with Crippen molar-refractivity contribution in [3.05, 3.63) is 65.2 Å². The Hall–Kier alpha value is -3.64. The smallest absolute Gasteiger partial charge is 0.408 e. The fourth-order valence-electron chi connectivity index (χ4n) is 3.56. The van der Waals surface area contributed by atoms with E-state index in [2.05, 4.69) is 16.7 Å². The number of nitrogens with zero attached hydrogens (tertiary/aromatic N) is 1. The lowest BCUT2D eigenvalue weighted by Gasteiger charge is -2.31. The van der Waals surface area contributed by atoms with Gasteiger partial charge in [-0.3, -0.25) is 14.5 Å². The number of phenols is 1. The van der Waals surface area contributed by atoms with E-state index in [1.807, 2.05) is 36.6 Å². The third-order valence-corrected chi connectivity index (χ3v) is 6.00. The molecule has 0 saturated carbocycles. The third-order valence-electron chi connectivity index (χ3n) is 5.36. The molecule has 8 nitrogen and oxygen atoms in total. The van der Waals surface area contributed by atoms with Crippen molar-refractivity contribution in [1.29, 1.82) is 0 Å². The molecule has 0 aliphatic rings. The summed E-state index contributed by atoms with van der Waals surface area (Å²) in [5, 5.41) is 16.2. The first kappa shape index (κ1) is 29.6. The van der Waals surface area contributed by atoms with E-state index < -0.39 is 35.6 Å². The molecule has 0 aromatic heterocycles. The average Bonchev–Trinajstić information content (AvgIpc) is 2.84. The van der Waals surface area contributed by atoms with E-state index in [1.165, 1.54) is 11.8 Å². The van der Waals surface area contributed by atoms with E-state index in [-0.39, 0.29) is 24.3 Å². The second kappa shape index (κ2) is 13.6. The highest BCUT2D eigenvalue weighted by atomic mass is 32.2. The number of para-hydroxylation sites is 1. The summed E-state index contributed by atoms with van der Waals surface area (Å²) in [6.07, 6.45) is 7.15. The second-order valence-electron chi connectivity index (χ2n) is 9.44. The van der Waals surface area contributed by atoms with Gasteiger partial charge in [-0.05, 0) is 57.3 Å². The zero-order valence-electron chi connectivity index (χ0n) is 21.9. The highest BCUT2D eigenvalue weighted by molar-refractivity contribution is 7.98. The van der Waals surface area contributed by atoms with Gasteiger partial charge in [0.25, 0.3) is 5.91 Å². The Morgan fingerprint density at radius 2 is 1.81 bits per heavy atom. The molecule has 3 N–H and O–H groups in total. The lowest BCUT2D eigenvalue weighted by molar-refractivity contribution is -0.138. The van der Waals surface area contributed by atoms with Gasteiger partial charge in [0.15, 0.2) is 6.04 Å². The molecule has 2 unspecified atom stereocenters. The Morgan fingerprint density at radius 1 is 1.14 bits per heavy atom. The number of rotatable bonds is 10. The highest BCUT2D eigenvalue weighted by Crippen LogP contribution is 2.32. The predicted octanol–water partition coefficient (Wildman–Crippen LogP) is 4.12. The van der Waals surface area contributed by atoms with Crippen LogP contribution in [0, 0.1) is 19.4 Å². The van der Waals surface area contributed by atoms with Crippen molar-refractivity contribution in [1.82, 2.24) is 15.5 Å². The maximum Gasteiger partial charge on any atom is 0.408 e. The molecular formula is C28H35N3O5S. The van der Waals surface area contributed by atoms with Crippen LogP contribution in [0.3, 0.4) is 0 Å². The molecule has 0 bridgehead atoms. The molecule has 0 aliphatic carbocycles. The number of benzene rings is 2. The van der Waals surface area contributed by atoms with Crippen LogP contribution in [0.2, 0.25) is 0 Å². The van der Waals surface area contributed by atoms with E-state index in [0.717, 1.165) is 10.5 Å². The van der Waals surface area contributed by atoms with Gasteiger partial charge >= 0.3 is 6.09 Å². The quantitative estimate of drug-likeness (QED) is 0.318. The maximum atomic E-state index is 13.7. The van der Waals surface area contributed by atoms with E-state index in [0.29, 0.717) is 11.3 Å². The Balaban J connectivity index is 2.43. The lowest BCUT2D eigenvalue weighted by atomic mass is 9.99. The lowest BCUT2D eigenvalue weighted by Crippen LogP contribution is -2.51. The van der Waals surface area contributed by atoms with Crippen LogP contribution in [0.15, 0.2) is 48.5 Å². The van der Waals surface area contributed by atoms with Crippen molar-refractivity contribution >= 4 is 29.7 Å². The normalized spacial score (nSPS) is 12.5. The van der Waals surface area contributed by atoms with Gasteiger partial charge in [-0.15, -0.1) is 0 Å². The molecular weight excluding hydrogens is 490 g/mol. The van der Waals surface area contributed by atoms with Crippen molar-refractivity contribution in [3.8, 4) is 18.2 Å². The molecule has 0 radical (unpaired) electrons. The number of alkyl carbamates (subject to hydrolysis) is 1. The zero-order valence-corrected chi connectivity index (χ0v) is 22.7. The molecule has 2 aromatic carbocycles. The topological polar surface area (TPSA) is 108 Å². The minimum atomic E-state index is -1.33. The van der Waals surface area contributed by atoms with Gasteiger partial charge in [-0.2, -0.15) is 11.8 Å². The Morgan fingerprint density at radius 3 is 2.41 bits per heavy atom. The summed E-state index contributed by atoms with van der Waals surface area (Å²) in [7, 11) is 0. The number of hydrogen-bond donors (Lipinski definition) is 3. The number of carbonyl (C=O) groups is 3. The monoisotopic (exact) mass is 525 g/mol. The molecule has 2 rings (SSSR count). The van der Waals surface area contributed by atoms with E-state index >= 15 is 0 Å². The van der Waals surface area contributed by atoms with Crippen molar-refractivity contribution in [3.63, 3.8) is 0 Å². The number of hydrogen-bond acceptors (Lipinski definition) is 6. The third kappa shape index (κ3) is 8.76. The summed E-state index contributed by atoms with van der Waals surface area (Å²) in [5.74, 6) is -0.832. The van der Waals surface area contributed by atoms with E-state index in [4.69, 9.17) is 11.2 Å². The summed E-state index contributed by atoms with van der Waals surface area (Å²) in [6, 6.07) is 14.1. The molecule has 2 aromatic rings. The number of phenolic OH excluding ortho intramolecular Hbond substituents is 1. The fraction of sp³-hybridized carbons (Fsp3) is 0.393. The summed E-state index contributed by atoms with van der Waals surface area (Å²) in [4.78, 5) is 40.6. The Labute approximate surface area is 223 Å². The minimum Gasteiger partial charge on any atom is -0.507 e. The van der Waals surface area contributed by atoms with E-state index in [9.17, 15) is 19.5 Å². The second-order valence-corrected chi connectivity index (χ2v) is 10.4. The van der Waals surface area contributed by atoms with Crippen molar-refractivity contribution in [2.24, 2.45) is 0 Å². The first-order valence-electron chi connectivity index (χ1n) is 11.9. The van der Waals surface area contributed by atoms with Crippen LogP contribution < -0.4 is 10.6 Å². The predicted molar refractivity (Wildman–Crippen MR) is 146 cm³/mol. The Kier molecular flexibility index (Phi) is 10.9. The van der Waals surface area contributed by atoms with Crippen LogP contribution in [0.5, 0.6) is 5.75 Å². The van der Waals surface area contributed by atoms with Gasteiger partial charge in [-0.25, -0.2) is 4.79 Å². The number of carbonyl (C=O) groups excluding carboxylic acids is 3. The molecule has 0 spiro atoms. The van der Waals surface area contributed by atoms with Gasteiger partial charge in [-0.1, -0.05) is 55.0 Å². The molecule has 0 heterocycles. The SMILES string of the molecule is C#CN(C(=O)C(CCSC)NC(=O)OC(C)(C)C)C(C(=O)NCc1ccccc1)c1cccc(C)c1O. The van der Waals surface area contributed by atoms with Crippen molar-refractivity contribution in [2.45, 2.75) is 58.3 Å². The number of aromatic hydroxyl groups is 1. The molecule has 198 valence electrons. The number of nitrogens with one attached hydrogen (secondary N) is 2. The minimum absolute atomic E-state index is 0.142. The first-order chi connectivity index (χ1) is 17.5. The molecule has 2 atom stereocenters. The highest BCUT2D eigenvalue weighted by Gasteiger charge is 2.37. The average molecular weight is 526 g/mol. The van der Waals surface area contributed by atoms with Gasteiger partial charge < -0.3 is 20.5 Å². The van der Waals surface area contributed by atoms with Crippen LogP contribution >= 0.6 is 11.8 Å². The van der Waals surface area contributed by atoms with E-state index in [1.54, 1.807) is 45.9 Å². The maximum absolute atomic E-state index is 13.7. The standard InChI is InChI=1S/C28H35N3O5S/c1-7-31(26(34)22(16-17-37-6)30-27(35)36-28(3,4)5)23(21-15-11-12-19(2)24(21)32)25(33)29-18-20-13-9-8-10-14-20/h1,8-15,22-23,32H,16-18H2,2-6H3,(H,29,33)(H,30,35). The van der Waals surface area contributed by atoms with Gasteiger partial charge in [0.2, 0.25) is 5.91 Å². The molecule has 0 saturated heterocycles. The van der Waals surface area contributed by atoms with Gasteiger partial charge in [0.1, 0.15) is 17.4 Å². The molecule has 0 fully saturated rings. The largest absolute Gasteiger partial charge is 0.507 e. The van der Waals surface area contributed by atoms with Gasteiger partial charge in [0.05, 0.1) is 0 Å². The number of terminal acetylenes is 1. The summed E-state index contributed by atoms with van der Waals surface area (Å²) < 4.78 is 5.33. The molecule has 37 heavy (non-hydrogen) atoms. The van der Waals surface area contributed by atoms with Crippen LogP contribution in [0.4, 0.5) is 4.79 Å². The first-order valence-corrected chi connectivity index (χ1v) is 13.3. The fourth-order valence-corrected chi connectivity index (χ4v) is 4.03. The summed E-state index contributed by atoms with van der Waals surface area (Å²) >= 11 is 1.49. The molecule has 9 heteroatoms. The Bertz CT molecular complexity index is 1120. The summed E-state index contributed by atoms with van der Waals surface area (Å²) in [6.45, 7) is 7.03. The van der Waals surface area contributed by atoms with Crippen LogP contribution in [0.25, 0.3) is 0 Å². The van der Waals surface area contributed by atoms with Crippen molar-refractivity contribution < 1.29 is 24.2 Å². The number of amides is 3. The van der Waals surface area contributed by atoms with Crippen molar-refractivity contribution in [2.75, 3.05) is 12.0 Å². The number of ether oxygens (including phenoxy) is 1. The van der Waals surface area contributed by atoms with Crippen LogP contribution in [0.1, 0.15) is 49.9 Å². The number of aryl methyl sites for hydroxylation is 1.